The van der Waals surface area contributed by atoms with Gasteiger partial charge in [0.1, 0.15) is 11.6 Å². The summed E-state index contributed by atoms with van der Waals surface area (Å²) in [7, 11) is 1.68. The second-order valence-corrected chi connectivity index (χ2v) is 8.46. The van der Waals surface area contributed by atoms with Gasteiger partial charge in [-0.2, -0.15) is 0 Å². The Bertz CT molecular complexity index is 877. The van der Waals surface area contributed by atoms with E-state index in [1.54, 1.807) is 31.1 Å². The molecule has 0 spiro atoms. The molecule has 1 aliphatic rings. The van der Waals surface area contributed by atoms with Crippen LogP contribution < -0.4 is 4.74 Å². The van der Waals surface area contributed by atoms with Crippen molar-refractivity contribution in [2.24, 2.45) is 5.92 Å². The third-order valence-electron chi connectivity index (χ3n) is 4.71. The third kappa shape index (κ3) is 5.16. The SMILES string of the molecule is CCSc1ccc(OCC2CC2)c(/C(=C/N(C)C=O)c2cc(F)ccc2C)c1. The standard InChI is InChI=1S/C23H26FNO2S/c1-4-28-19-9-10-23(27-14-17-6-7-17)21(12-19)22(13-25(3)15-26)20-11-18(24)8-5-16(20)2/h5,8-13,15,17H,4,6-7,14H2,1-3H3/b22-13+. The summed E-state index contributed by atoms with van der Waals surface area (Å²) >= 11 is 1.74. The summed E-state index contributed by atoms with van der Waals surface area (Å²) in [4.78, 5) is 13.9. The first kappa shape index (κ1) is 20.5. The molecule has 0 aliphatic heterocycles. The smallest absolute Gasteiger partial charge is 0.213 e. The van der Waals surface area contributed by atoms with Gasteiger partial charge in [-0.1, -0.05) is 13.0 Å². The zero-order chi connectivity index (χ0) is 20.1. The highest BCUT2D eigenvalue weighted by Gasteiger charge is 2.23. The molecule has 0 N–H and O–H groups in total. The first-order valence-corrected chi connectivity index (χ1v) is 10.6. The average Bonchev–Trinajstić information content (AvgIpc) is 3.51. The van der Waals surface area contributed by atoms with Crippen molar-refractivity contribution >= 4 is 23.7 Å². The second kappa shape index (κ2) is 9.28. The molecule has 0 bridgehead atoms. The van der Waals surface area contributed by atoms with Crippen LogP contribution in [-0.2, 0) is 4.79 Å². The fourth-order valence-corrected chi connectivity index (χ4v) is 3.70. The second-order valence-electron chi connectivity index (χ2n) is 7.12. The van der Waals surface area contributed by atoms with Crippen LogP contribution in [0, 0.1) is 18.7 Å². The van der Waals surface area contributed by atoms with Crippen LogP contribution in [0.4, 0.5) is 4.39 Å². The molecule has 3 rings (SSSR count). The molecule has 3 nitrogen and oxygen atoms in total. The minimum absolute atomic E-state index is 0.306. The van der Waals surface area contributed by atoms with Crippen molar-refractivity contribution in [2.45, 2.75) is 31.6 Å². The van der Waals surface area contributed by atoms with E-state index in [4.69, 9.17) is 4.74 Å². The Morgan fingerprint density at radius 2 is 2.04 bits per heavy atom. The Morgan fingerprint density at radius 1 is 1.25 bits per heavy atom. The van der Waals surface area contributed by atoms with Crippen molar-refractivity contribution in [3.8, 4) is 5.75 Å². The number of carbonyl (C=O) groups excluding carboxylic acids is 1. The summed E-state index contributed by atoms with van der Waals surface area (Å²) in [6.45, 7) is 4.74. The fraction of sp³-hybridized carbons (Fsp3) is 0.348. The van der Waals surface area contributed by atoms with Gasteiger partial charge in [-0.25, -0.2) is 4.39 Å². The number of rotatable bonds is 9. The maximum Gasteiger partial charge on any atom is 0.213 e. The van der Waals surface area contributed by atoms with Gasteiger partial charge in [0.05, 0.1) is 6.61 Å². The fourth-order valence-electron chi connectivity index (χ4n) is 3.00. The van der Waals surface area contributed by atoms with Gasteiger partial charge < -0.3 is 9.64 Å². The maximum absolute atomic E-state index is 14.1. The zero-order valence-corrected chi connectivity index (χ0v) is 17.4. The summed E-state index contributed by atoms with van der Waals surface area (Å²) in [6.07, 6.45) is 4.90. The number of hydrogen-bond acceptors (Lipinski definition) is 3. The highest BCUT2D eigenvalue weighted by molar-refractivity contribution is 7.99. The van der Waals surface area contributed by atoms with E-state index in [9.17, 15) is 9.18 Å². The van der Waals surface area contributed by atoms with Crippen LogP contribution in [0.3, 0.4) is 0 Å². The summed E-state index contributed by atoms with van der Waals surface area (Å²) in [5, 5.41) is 0. The summed E-state index contributed by atoms with van der Waals surface area (Å²) in [5.74, 6) is 2.04. The molecule has 0 saturated heterocycles. The predicted octanol–water partition coefficient (Wildman–Crippen LogP) is 5.51. The molecule has 0 atom stereocenters. The average molecular weight is 400 g/mol. The monoisotopic (exact) mass is 399 g/mol. The van der Waals surface area contributed by atoms with Crippen LogP contribution >= 0.6 is 11.8 Å². The number of amides is 1. The molecular weight excluding hydrogens is 373 g/mol. The lowest BCUT2D eigenvalue weighted by atomic mass is 9.94. The first-order chi connectivity index (χ1) is 13.5. The van der Waals surface area contributed by atoms with E-state index >= 15 is 0 Å². The van der Waals surface area contributed by atoms with E-state index in [-0.39, 0.29) is 5.82 Å². The number of halogens is 1. The van der Waals surface area contributed by atoms with E-state index in [0.29, 0.717) is 12.5 Å². The highest BCUT2D eigenvalue weighted by Crippen LogP contribution is 2.37. The van der Waals surface area contributed by atoms with Crippen molar-refractivity contribution in [2.75, 3.05) is 19.4 Å². The molecule has 0 aromatic heterocycles. The topological polar surface area (TPSA) is 29.5 Å². The Morgan fingerprint density at radius 3 is 2.71 bits per heavy atom. The van der Waals surface area contributed by atoms with Crippen molar-refractivity contribution in [3.05, 3.63) is 65.1 Å². The Kier molecular flexibility index (Phi) is 6.79. The molecule has 0 heterocycles. The molecule has 1 saturated carbocycles. The minimum atomic E-state index is -0.306. The quantitative estimate of drug-likeness (QED) is 0.411. The minimum Gasteiger partial charge on any atom is -0.493 e. The molecule has 2 aromatic rings. The normalized spacial score (nSPS) is 14.1. The van der Waals surface area contributed by atoms with Gasteiger partial charge in [-0.3, -0.25) is 4.79 Å². The van der Waals surface area contributed by atoms with E-state index in [1.807, 2.05) is 13.0 Å². The van der Waals surface area contributed by atoms with Gasteiger partial charge in [0, 0.05) is 29.3 Å². The lowest BCUT2D eigenvalue weighted by molar-refractivity contribution is -0.114. The molecule has 1 aliphatic carbocycles. The largest absolute Gasteiger partial charge is 0.493 e. The molecule has 0 radical (unpaired) electrons. The number of carbonyl (C=O) groups is 1. The third-order valence-corrected chi connectivity index (χ3v) is 5.59. The highest BCUT2D eigenvalue weighted by atomic mass is 32.2. The summed E-state index contributed by atoms with van der Waals surface area (Å²) in [6, 6.07) is 10.8. The van der Waals surface area contributed by atoms with Crippen LogP contribution in [0.25, 0.3) is 5.57 Å². The zero-order valence-electron chi connectivity index (χ0n) is 16.6. The maximum atomic E-state index is 14.1. The summed E-state index contributed by atoms with van der Waals surface area (Å²) < 4.78 is 20.2. The van der Waals surface area contributed by atoms with Gasteiger partial charge in [-0.05, 0) is 72.9 Å². The number of thioether (sulfide) groups is 1. The van der Waals surface area contributed by atoms with E-state index in [1.165, 1.54) is 29.9 Å². The van der Waals surface area contributed by atoms with Crippen LogP contribution in [-0.4, -0.2) is 30.7 Å². The molecule has 5 heteroatoms. The Labute approximate surface area is 170 Å². The van der Waals surface area contributed by atoms with E-state index in [2.05, 4.69) is 19.1 Å². The molecule has 28 heavy (non-hydrogen) atoms. The molecule has 148 valence electrons. The molecule has 1 fully saturated rings. The lowest BCUT2D eigenvalue weighted by Crippen LogP contribution is -2.10. The van der Waals surface area contributed by atoms with Gasteiger partial charge >= 0.3 is 0 Å². The van der Waals surface area contributed by atoms with Crippen LogP contribution in [0.2, 0.25) is 0 Å². The number of ether oxygens (including phenoxy) is 1. The van der Waals surface area contributed by atoms with E-state index in [0.717, 1.165) is 45.1 Å². The number of hydrogen-bond donors (Lipinski definition) is 0. The molecular formula is C23H26FNO2S. The van der Waals surface area contributed by atoms with Gasteiger partial charge in [0.15, 0.2) is 0 Å². The lowest BCUT2D eigenvalue weighted by Gasteiger charge is -2.19. The Balaban J connectivity index is 2.13. The first-order valence-electron chi connectivity index (χ1n) is 9.57. The van der Waals surface area contributed by atoms with Crippen molar-refractivity contribution < 1.29 is 13.9 Å². The van der Waals surface area contributed by atoms with Gasteiger partial charge in [0.25, 0.3) is 0 Å². The molecule has 0 unspecified atom stereocenters. The molecule has 1 amide bonds. The van der Waals surface area contributed by atoms with Crippen molar-refractivity contribution in [1.29, 1.82) is 0 Å². The number of nitrogens with zero attached hydrogens (tertiary/aromatic N) is 1. The van der Waals surface area contributed by atoms with Crippen LogP contribution in [0.15, 0.2) is 47.5 Å². The predicted molar refractivity (Wildman–Crippen MR) is 113 cm³/mol. The molecule has 2 aromatic carbocycles. The van der Waals surface area contributed by atoms with Gasteiger partial charge in [-0.15, -0.1) is 11.8 Å². The van der Waals surface area contributed by atoms with Crippen molar-refractivity contribution in [3.63, 3.8) is 0 Å². The van der Waals surface area contributed by atoms with E-state index < -0.39 is 0 Å². The van der Waals surface area contributed by atoms with Crippen LogP contribution in [0.5, 0.6) is 5.75 Å². The van der Waals surface area contributed by atoms with Gasteiger partial charge in [0.2, 0.25) is 6.41 Å². The number of aryl methyl sites for hydroxylation is 1. The van der Waals surface area contributed by atoms with Crippen molar-refractivity contribution in [1.82, 2.24) is 4.90 Å². The summed E-state index contributed by atoms with van der Waals surface area (Å²) in [5.41, 5.74) is 3.34. The van der Waals surface area contributed by atoms with Crippen LogP contribution in [0.1, 0.15) is 36.5 Å². The number of benzene rings is 2. The Hall–Kier alpha value is -2.27.